The maximum absolute atomic E-state index is 12.4. The molecule has 0 aliphatic carbocycles. The van der Waals surface area contributed by atoms with Crippen LogP contribution < -0.4 is 10.1 Å². The lowest BCUT2D eigenvalue weighted by Crippen LogP contribution is -2.48. The molecule has 2 atom stereocenters. The summed E-state index contributed by atoms with van der Waals surface area (Å²) in [6, 6.07) is 7.87. The van der Waals surface area contributed by atoms with Crippen LogP contribution in [0.1, 0.15) is 24.8 Å². The number of hydrogen-bond donors (Lipinski definition) is 2. The average Bonchev–Trinajstić information content (AvgIpc) is 2.96. The summed E-state index contributed by atoms with van der Waals surface area (Å²) in [6.07, 6.45) is 2.02. The van der Waals surface area contributed by atoms with E-state index in [4.69, 9.17) is 4.74 Å². The van der Waals surface area contributed by atoms with E-state index in [1.807, 2.05) is 29.2 Å². The minimum atomic E-state index is -0.392. The smallest absolute Gasteiger partial charge is 0.239 e. The van der Waals surface area contributed by atoms with Crippen LogP contribution in [-0.2, 0) is 4.79 Å². The molecular weight excluding hydrogens is 316 g/mol. The van der Waals surface area contributed by atoms with E-state index < -0.39 is 6.10 Å². The Balaban J connectivity index is 0.00000192. The van der Waals surface area contributed by atoms with Crippen molar-refractivity contribution in [3.63, 3.8) is 0 Å². The number of hydrogen-bond acceptors (Lipinski definition) is 4. The first-order valence-electron chi connectivity index (χ1n) is 8.05. The molecule has 6 heteroatoms. The molecule has 5 nitrogen and oxygen atoms in total. The normalized spacial score (nSPS) is 25.0. The van der Waals surface area contributed by atoms with Crippen LogP contribution in [0.25, 0.3) is 0 Å². The lowest BCUT2D eigenvalue weighted by molar-refractivity contribution is -0.135. The first kappa shape index (κ1) is 18.0. The van der Waals surface area contributed by atoms with Crippen LogP contribution in [0.3, 0.4) is 0 Å². The number of aliphatic hydroxyl groups is 1. The van der Waals surface area contributed by atoms with E-state index in [2.05, 4.69) is 12.2 Å². The summed E-state index contributed by atoms with van der Waals surface area (Å²) >= 11 is 0. The third-order valence-electron chi connectivity index (χ3n) is 4.48. The molecule has 2 N–H and O–H groups in total. The van der Waals surface area contributed by atoms with Crippen LogP contribution in [0.15, 0.2) is 24.3 Å². The molecule has 0 saturated carbocycles. The van der Waals surface area contributed by atoms with E-state index in [-0.39, 0.29) is 30.5 Å². The first-order chi connectivity index (χ1) is 10.6. The van der Waals surface area contributed by atoms with Gasteiger partial charge in [-0.3, -0.25) is 4.79 Å². The fourth-order valence-electron chi connectivity index (χ4n) is 3.13. The molecule has 2 heterocycles. The molecule has 2 saturated heterocycles. The molecule has 23 heavy (non-hydrogen) atoms. The number of nitrogens with zero attached hydrogens (tertiary/aromatic N) is 1. The second-order valence-corrected chi connectivity index (χ2v) is 6.31. The Morgan fingerprint density at radius 1 is 1.26 bits per heavy atom. The first-order valence-corrected chi connectivity index (χ1v) is 8.05. The summed E-state index contributed by atoms with van der Waals surface area (Å²) in [7, 11) is 0. The Labute approximate surface area is 143 Å². The standard InChI is InChI=1S/C17H24N2O3.ClH/c1-12-2-4-14(5-3-12)22-15-6-8-19(9-7-15)17(21)16-10-13(20)11-18-16;/h2-5,13,15-16,18,20H,6-11H2,1H3;1H/t13-,16+;/m1./s1. The molecule has 2 aliphatic heterocycles. The highest BCUT2D eigenvalue weighted by Crippen LogP contribution is 2.21. The van der Waals surface area contributed by atoms with Gasteiger partial charge in [0.15, 0.2) is 0 Å². The molecule has 0 unspecified atom stereocenters. The molecule has 2 aliphatic rings. The zero-order valence-corrected chi connectivity index (χ0v) is 14.2. The van der Waals surface area contributed by atoms with Crippen LogP contribution in [0.4, 0.5) is 0 Å². The summed E-state index contributed by atoms with van der Waals surface area (Å²) in [5.41, 5.74) is 1.22. The van der Waals surface area contributed by atoms with Gasteiger partial charge in [-0.25, -0.2) is 0 Å². The van der Waals surface area contributed by atoms with Crippen molar-refractivity contribution in [2.75, 3.05) is 19.6 Å². The van der Waals surface area contributed by atoms with E-state index in [0.29, 0.717) is 13.0 Å². The highest BCUT2D eigenvalue weighted by Gasteiger charge is 2.33. The second-order valence-electron chi connectivity index (χ2n) is 6.31. The second kappa shape index (κ2) is 7.99. The molecule has 0 aromatic heterocycles. The van der Waals surface area contributed by atoms with Crippen molar-refractivity contribution in [1.29, 1.82) is 0 Å². The van der Waals surface area contributed by atoms with E-state index in [1.54, 1.807) is 0 Å². The molecule has 128 valence electrons. The fraction of sp³-hybridized carbons (Fsp3) is 0.588. The number of benzene rings is 1. The molecular formula is C17H25ClN2O3. The van der Waals surface area contributed by atoms with Crippen LogP contribution in [0.2, 0.25) is 0 Å². The molecule has 3 rings (SSSR count). The number of likely N-dealkylation sites (tertiary alicyclic amines) is 1. The number of aryl methyl sites for hydroxylation is 1. The van der Waals surface area contributed by atoms with Gasteiger partial charge >= 0.3 is 0 Å². The predicted molar refractivity (Wildman–Crippen MR) is 91.1 cm³/mol. The number of β-amino-alcohol motifs (C(OH)–C–C–N with tert-alkyl or cyclic N) is 1. The molecule has 1 aromatic rings. The number of carbonyl (C=O) groups is 1. The molecule has 0 radical (unpaired) electrons. The molecule has 2 fully saturated rings. The van der Waals surface area contributed by atoms with Gasteiger partial charge in [0.05, 0.1) is 12.1 Å². The van der Waals surface area contributed by atoms with Gasteiger partial charge in [-0.05, 0) is 25.5 Å². The van der Waals surface area contributed by atoms with Gasteiger partial charge in [0, 0.05) is 32.5 Å². The van der Waals surface area contributed by atoms with Gasteiger partial charge in [0.25, 0.3) is 0 Å². The zero-order chi connectivity index (χ0) is 15.5. The van der Waals surface area contributed by atoms with Crippen molar-refractivity contribution < 1.29 is 14.6 Å². The summed E-state index contributed by atoms with van der Waals surface area (Å²) in [6.45, 7) is 4.03. The summed E-state index contributed by atoms with van der Waals surface area (Å²) in [5, 5.41) is 12.6. The lowest BCUT2D eigenvalue weighted by Gasteiger charge is -2.33. The van der Waals surface area contributed by atoms with E-state index in [9.17, 15) is 9.90 Å². The van der Waals surface area contributed by atoms with Crippen molar-refractivity contribution in [2.45, 2.75) is 44.4 Å². The third-order valence-corrected chi connectivity index (χ3v) is 4.48. The van der Waals surface area contributed by atoms with E-state index >= 15 is 0 Å². The summed E-state index contributed by atoms with van der Waals surface area (Å²) in [4.78, 5) is 14.3. The van der Waals surface area contributed by atoms with Gasteiger partial charge in [-0.2, -0.15) is 0 Å². The van der Waals surface area contributed by atoms with Gasteiger partial charge < -0.3 is 20.1 Å². The number of amides is 1. The van der Waals surface area contributed by atoms with Crippen molar-refractivity contribution in [1.82, 2.24) is 10.2 Å². The molecule has 1 aromatic carbocycles. The van der Waals surface area contributed by atoms with E-state index in [1.165, 1.54) is 5.56 Å². The topological polar surface area (TPSA) is 61.8 Å². The van der Waals surface area contributed by atoms with Crippen molar-refractivity contribution in [3.8, 4) is 5.75 Å². The van der Waals surface area contributed by atoms with Crippen molar-refractivity contribution in [2.24, 2.45) is 0 Å². The van der Waals surface area contributed by atoms with Crippen LogP contribution in [0, 0.1) is 6.92 Å². The number of aliphatic hydroxyl groups excluding tert-OH is 1. The Hall–Kier alpha value is -1.30. The number of nitrogens with one attached hydrogen (secondary N) is 1. The fourth-order valence-corrected chi connectivity index (χ4v) is 3.13. The number of ether oxygens (including phenoxy) is 1. The summed E-state index contributed by atoms with van der Waals surface area (Å²) in [5.74, 6) is 1.02. The van der Waals surface area contributed by atoms with Gasteiger partial charge in [0.1, 0.15) is 11.9 Å². The van der Waals surface area contributed by atoms with Gasteiger partial charge in [-0.1, -0.05) is 17.7 Å². The Kier molecular flexibility index (Phi) is 6.27. The molecule has 1 amide bonds. The Morgan fingerprint density at radius 2 is 1.91 bits per heavy atom. The predicted octanol–water partition coefficient (Wildman–Crippen LogP) is 1.51. The molecule has 0 bridgehead atoms. The van der Waals surface area contributed by atoms with Crippen molar-refractivity contribution >= 4 is 18.3 Å². The third kappa shape index (κ3) is 4.59. The quantitative estimate of drug-likeness (QED) is 0.875. The van der Waals surface area contributed by atoms with Gasteiger partial charge in [-0.15, -0.1) is 12.4 Å². The van der Waals surface area contributed by atoms with Crippen LogP contribution in [-0.4, -0.2) is 53.8 Å². The van der Waals surface area contributed by atoms with Gasteiger partial charge in [0.2, 0.25) is 5.91 Å². The minimum Gasteiger partial charge on any atom is -0.490 e. The SMILES string of the molecule is Cc1ccc(OC2CCN(C(=O)[C@@H]3C[C@@H](O)CN3)CC2)cc1.Cl. The Morgan fingerprint density at radius 3 is 2.48 bits per heavy atom. The average molecular weight is 341 g/mol. The van der Waals surface area contributed by atoms with Crippen LogP contribution >= 0.6 is 12.4 Å². The van der Waals surface area contributed by atoms with E-state index in [0.717, 1.165) is 31.7 Å². The number of halogens is 1. The molecule has 0 spiro atoms. The highest BCUT2D eigenvalue weighted by molar-refractivity contribution is 5.85. The maximum Gasteiger partial charge on any atom is 0.239 e. The largest absolute Gasteiger partial charge is 0.490 e. The number of rotatable bonds is 3. The summed E-state index contributed by atoms with van der Waals surface area (Å²) < 4.78 is 5.99. The lowest BCUT2D eigenvalue weighted by atomic mass is 10.1. The monoisotopic (exact) mass is 340 g/mol. The number of carbonyl (C=O) groups excluding carboxylic acids is 1. The minimum absolute atomic E-state index is 0. The highest BCUT2D eigenvalue weighted by atomic mass is 35.5. The maximum atomic E-state index is 12.4. The Bertz CT molecular complexity index is 515. The van der Waals surface area contributed by atoms with Crippen molar-refractivity contribution in [3.05, 3.63) is 29.8 Å². The van der Waals surface area contributed by atoms with Crippen LogP contribution in [0.5, 0.6) is 5.75 Å². The number of piperidine rings is 1. The zero-order valence-electron chi connectivity index (χ0n) is 13.4.